The number of rotatable bonds is 7. The minimum atomic E-state index is 0.0210. The van der Waals surface area contributed by atoms with Gasteiger partial charge in [0.2, 0.25) is 0 Å². The van der Waals surface area contributed by atoms with Crippen molar-refractivity contribution in [3.8, 4) is 66.8 Å². The van der Waals surface area contributed by atoms with Crippen molar-refractivity contribution < 1.29 is 0 Å². The molecule has 0 radical (unpaired) electrons. The maximum absolute atomic E-state index is 2.40. The molecule has 0 nitrogen and oxygen atoms in total. The van der Waals surface area contributed by atoms with Crippen molar-refractivity contribution in [1.82, 2.24) is 0 Å². The van der Waals surface area contributed by atoms with Crippen molar-refractivity contribution in [3.63, 3.8) is 0 Å². The fourth-order valence-electron chi connectivity index (χ4n) is 9.73. The highest BCUT2D eigenvalue weighted by molar-refractivity contribution is 5.85. The van der Waals surface area contributed by atoms with Crippen LogP contribution in [0.2, 0.25) is 0 Å². The molecule has 1 aliphatic rings. The molecular weight excluding hydrogens is 865 g/mol. The van der Waals surface area contributed by atoms with Gasteiger partial charge in [-0.05, 0) is 127 Å². The lowest BCUT2D eigenvalue weighted by Crippen LogP contribution is -2.15. The van der Waals surface area contributed by atoms with E-state index in [0.717, 1.165) is 6.42 Å². The molecule has 0 amide bonds. The van der Waals surface area contributed by atoms with Gasteiger partial charge in [0.25, 0.3) is 0 Å². The highest BCUT2D eigenvalue weighted by Crippen LogP contribution is 2.50. The summed E-state index contributed by atoms with van der Waals surface area (Å²) >= 11 is 0. The Morgan fingerprint density at radius 1 is 0.278 bits per heavy atom. The van der Waals surface area contributed by atoms with E-state index >= 15 is 0 Å². The minimum Gasteiger partial charge on any atom is -0.0651 e. The van der Waals surface area contributed by atoms with E-state index in [1.165, 1.54) is 112 Å². The first kappa shape index (κ1) is 48.7. The summed E-state index contributed by atoms with van der Waals surface area (Å²) in [4.78, 5) is 0. The second-order valence-corrected chi connectivity index (χ2v) is 19.4. The van der Waals surface area contributed by atoms with Gasteiger partial charge in [-0.2, -0.15) is 0 Å². The topological polar surface area (TPSA) is 0 Å². The van der Waals surface area contributed by atoms with Gasteiger partial charge < -0.3 is 0 Å². The summed E-state index contributed by atoms with van der Waals surface area (Å²) in [6, 6.07) is 97.4. The molecule has 0 heterocycles. The van der Waals surface area contributed by atoms with E-state index in [1.807, 2.05) is 36.4 Å². The van der Waals surface area contributed by atoms with Crippen molar-refractivity contribution in [3.05, 3.63) is 301 Å². The van der Waals surface area contributed by atoms with Gasteiger partial charge >= 0.3 is 0 Å². The second-order valence-electron chi connectivity index (χ2n) is 19.4. The first-order valence-electron chi connectivity index (χ1n) is 25.5. The lowest BCUT2D eigenvalue weighted by Gasteiger charge is -2.22. The molecule has 0 unspecified atom stereocenters. The SMILES string of the molecule is CCCc1ccc(-c2cccc(-c3ccccc3)c2)cc1.Cc1ccc2c(c1)C(C)(C)c1cc(-c3ccc(-c4ccc(-c5ccccc5)cc4)cc3)ccc1-2.Cc1ccc2ccccc2c1.c1ccccc1. The number of hydrogen-bond donors (Lipinski definition) is 0. The fourth-order valence-corrected chi connectivity index (χ4v) is 9.73. The van der Waals surface area contributed by atoms with E-state index in [2.05, 4.69) is 271 Å². The van der Waals surface area contributed by atoms with Gasteiger partial charge in [-0.3, -0.25) is 0 Å². The maximum atomic E-state index is 2.40. The molecule has 0 spiro atoms. The smallest absolute Gasteiger partial charge is 0.0159 e. The monoisotopic (exact) mass is 929 g/mol. The molecule has 11 aromatic rings. The summed E-state index contributed by atoms with van der Waals surface area (Å²) in [5.41, 5.74) is 22.3. The third-order valence-corrected chi connectivity index (χ3v) is 13.7. The van der Waals surface area contributed by atoms with Crippen LogP contribution in [-0.2, 0) is 11.8 Å². The van der Waals surface area contributed by atoms with E-state index in [1.54, 1.807) is 0 Å². The quantitative estimate of drug-likeness (QED) is 0.149. The van der Waals surface area contributed by atoms with Crippen molar-refractivity contribution in [2.24, 2.45) is 0 Å². The summed E-state index contributed by atoms with van der Waals surface area (Å²) in [6.07, 6.45) is 2.35. The summed E-state index contributed by atoms with van der Waals surface area (Å²) in [5, 5.41) is 2.64. The van der Waals surface area contributed by atoms with E-state index < -0.39 is 0 Å². The Balaban J connectivity index is 0.000000141. The van der Waals surface area contributed by atoms with E-state index in [-0.39, 0.29) is 5.41 Å². The summed E-state index contributed by atoms with van der Waals surface area (Å²) in [7, 11) is 0. The Bertz CT molecular complexity index is 3430. The highest BCUT2D eigenvalue weighted by Gasteiger charge is 2.35. The molecule has 352 valence electrons. The molecular formula is C72H64. The molecule has 0 aliphatic heterocycles. The number of hydrogen-bond acceptors (Lipinski definition) is 0. The summed E-state index contributed by atoms with van der Waals surface area (Å²) in [6.45, 7) is 11.2. The lowest BCUT2D eigenvalue weighted by atomic mass is 9.81. The van der Waals surface area contributed by atoms with Crippen LogP contribution in [0.1, 0.15) is 55.0 Å². The summed E-state index contributed by atoms with van der Waals surface area (Å²) in [5.74, 6) is 0. The zero-order valence-corrected chi connectivity index (χ0v) is 42.4. The van der Waals surface area contributed by atoms with Gasteiger partial charge in [0.15, 0.2) is 0 Å². The highest BCUT2D eigenvalue weighted by atomic mass is 14.4. The number of benzene rings is 11. The molecule has 72 heavy (non-hydrogen) atoms. The van der Waals surface area contributed by atoms with Crippen LogP contribution in [-0.4, -0.2) is 0 Å². The molecule has 0 aromatic heterocycles. The predicted molar refractivity (Wildman–Crippen MR) is 311 cm³/mol. The van der Waals surface area contributed by atoms with Gasteiger partial charge in [-0.1, -0.05) is 299 Å². The Kier molecular flexibility index (Phi) is 15.6. The number of fused-ring (bicyclic) bond motifs is 4. The Morgan fingerprint density at radius 2 is 0.625 bits per heavy atom. The Hall–Kier alpha value is -8.32. The van der Waals surface area contributed by atoms with Gasteiger partial charge in [-0.15, -0.1) is 0 Å². The van der Waals surface area contributed by atoms with E-state index in [0.29, 0.717) is 0 Å². The first-order chi connectivity index (χ1) is 35.2. The van der Waals surface area contributed by atoms with Gasteiger partial charge in [0.1, 0.15) is 0 Å². The van der Waals surface area contributed by atoms with E-state index in [4.69, 9.17) is 0 Å². The first-order valence-corrected chi connectivity index (χ1v) is 25.5. The van der Waals surface area contributed by atoms with Crippen molar-refractivity contribution in [2.75, 3.05) is 0 Å². The number of aryl methyl sites for hydroxylation is 3. The standard InChI is InChI=1S/C34H28.C21H20.C11H10.C6H6/c1-23-9-19-30-31-20-18-29(22-33(31)34(2,3)32(30)21-23)28-16-14-27(15-17-28)26-12-10-25(11-13-26)24-7-5-4-6-8-24;1-2-7-17-12-14-19(15-13-17)21-11-6-10-20(16-21)18-8-4-3-5-9-18;1-9-6-7-10-4-2-3-5-11(10)8-9;1-2-4-6-5-3-1/h4-22H,1-3H3;3-6,8-16H,2,7H2,1H3;2-8H,1H3;1-6H. The summed E-state index contributed by atoms with van der Waals surface area (Å²) < 4.78 is 0. The molecule has 12 rings (SSSR count). The maximum Gasteiger partial charge on any atom is 0.0159 e. The van der Waals surface area contributed by atoms with Crippen molar-refractivity contribution in [2.45, 2.75) is 52.9 Å². The Morgan fingerprint density at radius 3 is 1.15 bits per heavy atom. The van der Waals surface area contributed by atoms with Crippen LogP contribution in [0.5, 0.6) is 0 Å². The third kappa shape index (κ3) is 11.8. The van der Waals surface area contributed by atoms with Crippen molar-refractivity contribution in [1.29, 1.82) is 0 Å². The van der Waals surface area contributed by atoms with Crippen LogP contribution >= 0.6 is 0 Å². The van der Waals surface area contributed by atoms with Gasteiger partial charge in [-0.25, -0.2) is 0 Å². The van der Waals surface area contributed by atoms with Gasteiger partial charge in [0.05, 0.1) is 0 Å². The predicted octanol–water partition coefficient (Wildman–Crippen LogP) is 20.1. The normalized spacial score (nSPS) is 11.6. The van der Waals surface area contributed by atoms with Crippen LogP contribution in [0.4, 0.5) is 0 Å². The molecule has 0 fully saturated rings. The van der Waals surface area contributed by atoms with Crippen LogP contribution in [0, 0.1) is 13.8 Å². The Labute approximate surface area is 429 Å². The molecule has 0 atom stereocenters. The molecule has 0 N–H and O–H groups in total. The van der Waals surface area contributed by atoms with Crippen molar-refractivity contribution >= 4 is 10.8 Å². The zero-order chi connectivity index (χ0) is 49.7. The van der Waals surface area contributed by atoms with Crippen LogP contribution in [0.25, 0.3) is 77.5 Å². The van der Waals surface area contributed by atoms with Crippen LogP contribution < -0.4 is 0 Å². The molecule has 0 bridgehead atoms. The molecule has 1 aliphatic carbocycles. The molecule has 0 saturated heterocycles. The third-order valence-electron chi connectivity index (χ3n) is 13.7. The average molecular weight is 929 g/mol. The molecule has 0 heteroatoms. The largest absolute Gasteiger partial charge is 0.0651 e. The van der Waals surface area contributed by atoms with Gasteiger partial charge in [0, 0.05) is 5.41 Å². The lowest BCUT2D eigenvalue weighted by molar-refractivity contribution is 0.660. The minimum absolute atomic E-state index is 0.0210. The molecule has 11 aromatic carbocycles. The van der Waals surface area contributed by atoms with E-state index in [9.17, 15) is 0 Å². The fraction of sp³-hybridized carbons (Fsp3) is 0.111. The second kappa shape index (κ2) is 23.1. The molecule has 0 saturated carbocycles. The van der Waals surface area contributed by atoms with Crippen LogP contribution in [0.15, 0.2) is 273 Å². The zero-order valence-electron chi connectivity index (χ0n) is 42.4. The van der Waals surface area contributed by atoms with Crippen LogP contribution in [0.3, 0.4) is 0 Å². The average Bonchev–Trinajstić information content (AvgIpc) is 3.66.